The predicted octanol–water partition coefficient (Wildman–Crippen LogP) is 2.84. The molecule has 0 bridgehead atoms. The molecule has 0 fully saturated rings. The standard InChI is InChI=1S/C12H18O/c1-3-6-10-7-5-8-11(9-10)12(13)4-2/h3-4,6,9,11-13H,2,5,7-8H2,1H3/b6-3+. The molecular weight excluding hydrogens is 160 g/mol. The first-order chi connectivity index (χ1) is 6.27. The van der Waals surface area contributed by atoms with E-state index >= 15 is 0 Å². The summed E-state index contributed by atoms with van der Waals surface area (Å²) in [5.74, 6) is 0.275. The van der Waals surface area contributed by atoms with Crippen LogP contribution in [-0.4, -0.2) is 11.2 Å². The minimum Gasteiger partial charge on any atom is -0.388 e. The Labute approximate surface area is 80.5 Å². The van der Waals surface area contributed by atoms with Crippen molar-refractivity contribution in [1.29, 1.82) is 0 Å². The lowest BCUT2D eigenvalue weighted by atomic mass is 9.87. The average molecular weight is 178 g/mol. The quantitative estimate of drug-likeness (QED) is 0.659. The number of allylic oxidation sites excluding steroid dienone is 3. The third-order valence-corrected chi connectivity index (χ3v) is 2.49. The Morgan fingerprint density at radius 1 is 1.69 bits per heavy atom. The molecule has 0 aliphatic heterocycles. The van der Waals surface area contributed by atoms with E-state index in [9.17, 15) is 5.11 Å². The summed E-state index contributed by atoms with van der Waals surface area (Å²) >= 11 is 0. The molecule has 1 heteroatoms. The van der Waals surface area contributed by atoms with Gasteiger partial charge in [-0.15, -0.1) is 6.58 Å². The second-order valence-electron chi connectivity index (χ2n) is 3.52. The molecule has 1 N–H and O–H groups in total. The number of aliphatic hydroxyl groups excluding tert-OH is 1. The van der Waals surface area contributed by atoms with E-state index in [1.807, 2.05) is 6.92 Å². The van der Waals surface area contributed by atoms with Gasteiger partial charge >= 0.3 is 0 Å². The molecule has 2 atom stereocenters. The van der Waals surface area contributed by atoms with E-state index in [1.54, 1.807) is 6.08 Å². The Balaban J connectivity index is 2.67. The average Bonchev–Trinajstić information content (AvgIpc) is 2.18. The number of aliphatic hydroxyl groups is 1. The lowest BCUT2D eigenvalue weighted by Crippen LogP contribution is -2.18. The lowest BCUT2D eigenvalue weighted by Gasteiger charge is -2.22. The van der Waals surface area contributed by atoms with Crippen molar-refractivity contribution in [3.63, 3.8) is 0 Å². The Morgan fingerprint density at radius 3 is 3.08 bits per heavy atom. The third kappa shape index (κ3) is 2.85. The molecule has 0 heterocycles. The number of hydrogen-bond donors (Lipinski definition) is 1. The molecule has 0 amide bonds. The van der Waals surface area contributed by atoms with E-state index in [-0.39, 0.29) is 12.0 Å². The molecule has 1 rings (SSSR count). The Bertz CT molecular complexity index is 225. The van der Waals surface area contributed by atoms with E-state index < -0.39 is 0 Å². The van der Waals surface area contributed by atoms with Crippen LogP contribution in [-0.2, 0) is 0 Å². The molecule has 1 nitrogen and oxygen atoms in total. The topological polar surface area (TPSA) is 20.2 Å². The van der Waals surface area contributed by atoms with E-state index in [1.165, 1.54) is 12.0 Å². The molecule has 2 unspecified atom stereocenters. The van der Waals surface area contributed by atoms with E-state index in [4.69, 9.17) is 0 Å². The largest absolute Gasteiger partial charge is 0.388 e. The van der Waals surface area contributed by atoms with Gasteiger partial charge in [-0.1, -0.05) is 29.9 Å². The summed E-state index contributed by atoms with van der Waals surface area (Å²) in [6.07, 6.45) is 11.0. The Kier molecular flexibility index (Phi) is 3.97. The smallest absolute Gasteiger partial charge is 0.0781 e. The van der Waals surface area contributed by atoms with E-state index in [0.717, 1.165) is 12.8 Å². The van der Waals surface area contributed by atoms with Gasteiger partial charge in [-0.2, -0.15) is 0 Å². The monoisotopic (exact) mass is 178 g/mol. The van der Waals surface area contributed by atoms with Gasteiger partial charge in [-0.05, 0) is 26.2 Å². The van der Waals surface area contributed by atoms with Crippen LogP contribution in [0, 0.1) is 5.92 Å². The molecule has 1 aliphatic carbocycles. The summed E-state index contributed by atoms with van der Waals surface area (Å²) < 4.78 is 0. The van der Waals surface area contributed by atoms with Gasteiger partial charge < -0.3 is 5.11 Å². The van der Waals surface area contributed by atoms with Crippen molar-refractivity contribution in [2.24, 2.45) is 5.92 Å². The first-order valence-corrected chi connectivity index (χ1v) is 4.92. The van der Waals surface area contributed by atoms with Crippen LogP contribution in [0.1, 0.15) is 26.2 Å². The molecule has 0 aromatic heterocycles. The minimum atomic E-state index is -0.374. The van der Waals surface area contributed by atoms with Crippen LogP contribution in [0.4, 0.5) is 0 Å². The van der Waals surface area contributed by atoms with Crippen molar-refractivity contribution < 1.29 is 5.11 Å². The van der Waals surface area contributed by atoms with Crippen LogP contribution in [0.2, 0.25) is 0 Å². The van der Waals surface area contributed by atoms with Gasteiger partial charge in [0.1, 0.15) is 0 Å². The van der Waals surface area contributed by atoms with Crippen molar-refractivity contribution in [2.45, 2.75) is 32.3 Å². The summed E-state index contributed by atoms with van der Waals surface area (Å²) in [5.41, 5.74) is 1.35. The Morgan fingerprint density at radius 2 is 2.46 bits per heavy atom. The van der Waals surface area contributed by atoms with E-state index in [2.05, 4.69) is 24.8 Å². The molecule has 0 saturated heterocycles. The van der Waals surface area contributed by atoms with Gasteiger partial charge in [0.05, 0.1) is 6.10 Å². The second-order valence-corrected chi connectivity index (χ2v) is 3.52. The minimum absolute atomic E-state index is 0.275. The molecule has 0 aromatic carbocycles. The summed E-state index contributed by atoms with van der Waals surface area (Å²) in [4.78, 5) is 0. The van der Waals surface area contributed by atoms with Crippen molar-refractivity contribution >= 4 is 0 Å². The normalized spacial score (nSPS) is 25.7. The van der Waals surface area contributed by atoms with Gasteiger partial charge in [0.2, 0.25) is 0 Å². The zero-order chi connectivity index (χ0) is 9.68. The molecule has 0 spiro atoms. The van der Waals surface area contributed by atoms with Crippen molar-refractivity contribution in [2.75, 3.05) is 0 Å². The van der Waals surface area contributed by atoms with Crippen molar-refractivity contribution in [3.8, 4) is 0 Å². The maximum Gasteiger partial charge on any atom is 0.0781 e. The molecular formula is C12H18O. The summed E-state index contributed by atoms with van der Waals surface area (Å²) in [6.45, 7) is 5.63. The number of rotatable bonds is 3. The van der Waals surface area contributed by atoms with E-state index in [0.29, 0.717) is 0 Å². The zero-order valence-electron chi connectivity index (χ0n) is 8.24. The maximum atomic E-state index is 9.58. The summed E-state index contributed by atoms with van der Waals surface area (Å²) in [6, 6.07) is 0. The molecule has 0 aromatic rings. The first kappa shape index (κ1) is 10.3. The van der Waals surface area contributed by atoms with Crippen LogP contribution in [0.3, 0.4) is 0 Å². The summed E-state index contributed by atoms with van der Waals surface area (Å²) in [7, 11) is 0. The highest BCUT2D eigenvalue weighted by Gasteiger charge is 2.17. The highest BCUT2D eigenvalue weighted by atomic mass is 16.3. The predicted molar refractivity (Wildman–Crippen MR) is 56.4 cm³/mol. The van der Waals surface area contributed by atoms with Crippen LogP contribution < -0.4 is 0 Å². The van der Waals surface area contributed by atoms with Crippen LogP contribution in [0.15, 0.2) is 36.5 Å². The fourth-order valence-electron chi connectivity index (χ4n) is 1.78. The van der Waals surface area contributed by atoms with Crippen molar-refractivity contribution in [3.05, 3.63) is 36.5 Å². The first-order valence-electron chi connectivity index (χ1n) is 4.92. The highest BCUT2D eigenvalue weighted by molar-refractivity contribution is 5.22. The van der Waals surface area contributed by atoms with Gasteiger partial charge in [-0.3, -0.25) is 0 Å². The number of hydrogen-bond acceptors (Lipinski definition) is 1. The van der Waals surface area contributed by atoms with Gasteiger partial charge in [0.25, 0.3) is 0 Å². The molecule has 0 radical (unpaired) electrons. The highest BCUT2D eigenvalue weighted by Crippen LogP contribution is 2.26. The SMILES string of the molecule is C=CC(O)C1C=C(/C=C/C)CCC1. The Hall–Kier alpha value is -0.820. The maximum absolute atomic E-state index is 9.58. The molecule has 1 aliphatic rings. The lowest BCUT2D eigenvalue weighted by molar-refractivity contribution is 0.167. The second kappa shape index (κ2) is 5.03. The third-order valence-electron chi connectivity index (χ3n) is 2.49. The van der Waals surface area contributed by atoms with Crippen molar-refractivity contribution in [1.82, 2.24) is 0 Å². The van der Waals surface area contributed by atoms with Crippen LogP contribution >= 0.6 is 0 Å². The zero-order valence-corrected chi connectivity index (χ0v) is 8.24. The molecule has 0 saturated carbocycles. The van der Waals surface area contributed by atoms with Gasteiger partial charge in [0, 0.05) is 5.92 Å². The van der Waals surface area contributed by atoms with Crippen LogP contribution in [0.25, 0.3) is 0 Å². The fourth-order valence-corrected chi connectivity index (χ4v) is 1.78. The molecule has 13 heavy (non-hydrogen) atoms. The molecule has 72 valence electrons. The van der Waals surface area contributed by atoms with Gasteiger partial charge in [0.15, 0.2) is 0 Å². The van der Waals surface area contributed by atoms with Crippen LogP contribution in [0.5, 0.6) is 0 Å². The summed E-state index contributed by atoms with van der Waals surface area (Å²) in [5, 5.41) is 9.58. The van der Waals surface area contributed by atoms with Gasteiger partial charge in [-0.25, -0.2) is 0 Å². The fraction of sp³-hybridized carbons (Fsp3) is 0.500.